The molecule has 0 saturated heterocycles. The zero-order valence-electron chi connectivity index (χ0n) is 15.4. The van der Waals surface area contributed by atoms with Crippen molar-refractivity contribution < 1.29 is 26.3 Å². The number of nitrogens with zero attached hydrogens (tertiary/aromatic N) is 2. The highest BCUT2D eigenvalue weighted by Gasteiger charge is 2.33. The average Bonchev–Trinajstić information content (AvgIpc) is 2.91. The molecule has 1 aliphatic heterocycles. The maximum Gasteiger partial charge on any atom is 0.435 e. The number of rotatable bonds is 2. The van der Waals surface area contributed by atoms with Crippen molar-refractivity contribution in [3.8, 4) is 11.3 Å². The van der Waals surface area contributed by atoms with Gasteiger partial charge in [0, 0.05) is 18.0 Å². The third-order valence-corrected chi connectivity index (χ3v) is 5.12. The van der Waals surface area contributed by atoms with Crippen LogP contribution in [0, 0.1) is 17.5 Å². The number of benzene rings is 2. The summed E-state index contributed by atoms with van der Waals surface area (Å²) in [6, 6.07) is 8.34. The van der Waals surface area contributed by atoms with E-state index in [2.05, 4.69) is 15.5 Å². The van der Waals surface area contributed by atoms with Crippen molar-refractivity contribution in [1.29, 1.82) is 0 Å². The molecule has 0 saturated carbocycles. The normalized spacial score (nSPS) is 16.8. The van der Waals surface area contributed by atoms with Crippen molar-refractivity contribution in [3.05, 3.63) is 82.3 Å². The molecular formula is C21H15F6N3. The van der Waals surface area contributed by atoms with Gasteiger partial charge in [-0.05, 0) is 60.0 Å². The van der Waals surface area contributed by atoms with Crippen LogP contribution in [0.2, 0.25) is 0 Å². The molecule has 0 amide bonds. The fourth-order valence-corrected chi connectivity index (χ4v) is 3.67. The summed E-state index contributed by atoms with van der Waals surface area (Å²) >= 11 is 0. The zero-order chi connectivity index (χ0) is 21.5. The molecule has 0 bridgehead atoms. The van der Waals surface area contributed by atoms with Crippen LogP contribution in [0.15, 0.2) is 42.5 Å². The van der Waals surface area contributed by atoms with Gasteiger partial charge in [-0.1, -0.05) is 12.1 Å². The molecule has 9 heteroatoms. The van der Waals surface area contributed by atoms with Crippen LogP contribution in [0.5, 0.6) is 0 Å². The van der Waals surface area contributed by atoms with Crippen LogP contribution in [-0.2, 0) is 12.7 Å². The molecule has 30 heavy (non-hydrogen) atoms. The molecular weight excluding hydrogens is 408 g/mol. The van der Waals surface area contributed by atoms with E-state index in [1.807, 2.05) is 0 Å². The molecule has 0 fully saturated rings. The maximum atomic E-state index is 14.9. The van der Waals surface area contributed by atoms with E-state index in [1.165, 1.54) is 24.3 Å². The highest BCUT2D eigenvalue weighted by Crippen LogP contribution is 2.37. The topological polar surface area (TPSA) is 37.8 Å². The summed E-state index contributed by atoms with van der Waals surface area (Å²) in [6.07, 6.45) is -4.23. The molecule has 1 aromatic heterocycles. The van der Waals surface area contributed by atoms with Crippen molar-refractivity contribution >= 4 is 0 Å². The smallest absolute Gasteiger partial charge is 0.313 e. The van der Waals surface area contributed by atoms with E-state index in [0.717, 1.165) is 18.2 Å². The molecule has 2 aromatic carbocycles. The van der Waals surface area contributed by atoms with Crippen LogP contribution >= 0.6 is 0 Å². The van der Waals surface area contributed by atoms with Crippen LogP contribution in [-0.4, -0.2) is 16.7 Å². The predicted molar refractivity (Wildman–Crippen MR) is 97.0 cm³/mol. The predicted octanol–water partition coefficient (Wildman–Crippen LogP) is 5.20. The second-order valence-corrected chi connectivity index (χ2v) is 6.99. The Hall–Kier alpha value is -2.94. The lowest BCUT2D eigenvalue weighted by Gasteiger charge is -2.20. The van der Waals surface area contributed by atoms with E-state index in [4.69, 9.17) is 0 Å². The Morgan fingerprint density at radius 1 is 0.900 bits per heavy atom. The third kappa shape index (κ3) is 3.77. The molecule has 0 radical (unpaired) electrons. The number of hydrogen-bond donors (Lipinski definition) is 1. The molecule has 0 aliphatic carbocycles. The number of nitrogens with one attached hydrogen (secondary N) is 1. The fraction of sp³-hybridized carbons (Fsp3) is 0.238. The quantitative estimate of drug-likeness (QED) is 0.576. The van der Waals surface area contributed by atoms with E-state index in [9.17, 15) is 26.3 Å². The lowest BCUT2D eigenvalue weighted by molar-refractivity contribution is -0.141. The van der Waals surface area contributed by atoms with Crippen molar-refractivity contribution in [1.82, 2.24) is 15.5 Å². The van der Waals surface area contributed by atoms with Gasteiger partial charge >= 0.3 is 6.18 Å². The first-order chi connectivity index (χ1) is 14.3. The van der Waals surface area contributed by atoms with Gasteiger partial charge in [-0.2, -0.15) is 13.2 Å². The SMILES string of the molecule is Fc1cc2c(cc1-c1ccc(C(F)(F)F)nn1)CNCCC2c1cccc(F)c1F. The highest BCUT2D eigenvalue weighted by molar-refractivity contribution is 5.62. The van der Waals surface area contributed by atoms with Gasteiger partial charge < -0.3 is 5.32 Å². The number of alkyl halides is 3. The second-order valence-electron chi connectivity index (χ2n) is 6.99. The summed E-state index contributed by atoms with van der Waals surface area (Å²) in [7, 11) is 0. The van der Waals surface area contributed by atoms with Gasteiger partial charge in [-0.3, -0.25) is 0 Å². The monoisotopic (exact) mass is 423 g/mol. The lowest BCUT2D eigenvalue weighted by atomic mass is 9.85. The number of halogens is 6. The van der Waals surface area contributed by atoms with E-state index in [-0.39, 0.29) is 16.8 Å². The van der Waals surface area contributed by atoms with Gasteiger partial charge in [-0.15, -0.1) is 10.2 Å². The Morgan fingerprint density at radius 2 is 1.70 bits per heavy atom. The first kappa shape index (κ1) is 20.3. The molecule has 1 atom stereocenters. The average molecular weight is 423 g/mol. The van der Waals surface area contributed by atoms with Crippen molar-refractivity contribution in [3.63, 3.8) is 0 Å². The molecule has 1 aliphatic rings. The van der Waals surface area contributed by atoms with E-state index >= 15 is 0 Å². The van der Waals surface area contributed by atoms with Crippen LogP contribution in [0.1, 0.15) is 34.7 Å². The minimum Gasteiger partial charge on any atom is -0.313 e. The van der Waals surface area contributed by atoms with Crippen molar-refractivity contribution in [2.24, 2.45) is 0 Å². The second kappa shape index (κ2) is 7.71. The molecule has 3 aromatic rings. The number of hydrogen-bond acceptors (Lipinski definition) is 3. The third-order valence-electron chi connectivity index (χ3n) is 5.12. The number of fused-ring (bicyclic) bond motifs is 1. The Labute approximate surface area is 167 Å². The molecule has 3 nitrogen and oxygen atoms in total. The van der Waals surface area contributed by atoms with Crippen LogP contribution in [0.3, 0.4) is 0 Å². The standard InChI is InChI=1S/C21H15F6N3/c22-16-3-1-2-13(20(16)24)12-6-7-28-10-11-8-15(17(23)9-14(11)12)18-4-5-19(30-29-18)21(25,26)27/h1-5,8-9,12,28H,6-7,10H2. The Balaban J connectivity index is 1.78. The Bertz CT molecular complexity index is 1080. The molecule has 1 N–H and O–H groups in total. The summed E-state index contributed by atoms with van der Waals surface area (Å²) < 4.78 is 81.1. The summed E-state index contributed by atoms with van der Waals surface area (Å²) in [5.74, 6) is -3.27. The molecule has 0 spiro atoms. The molecule has 4 rings (SSSR count). The van der Waals surface area contributed by atoms with Crippen molar-refractivity contribution in [2.45, 2.75) is 25.1 Å². The lowest BCUT2D eigenvalue weighted by Crippen LogP contribution is -2.13. The van der Waals surface area contributed by atoms with E-state index in [1.54, 1.807) is 0 Å². The molecule has 156 valence electrons. The fourth-order valence-electron chi connectivity index (χ4n) is 3.67. The zero-order valence-corrected chi connectivity index (χ0v) is 15.4. The summed E-state index contributed by atoms with van der Waals surface area (Å²) in [4.78, 5) is 0. The largest absolute Gasteiger partial charge is 0.435 e. The summed E-state index contributed by atoms with van der Waals surface area (Å²) in [6.45, 7) is 0.830. The first-order valence-electron chi connectivity index (χ1n) is 9.14. The van der Waals surface area contributed by atoms with Gasteiger partial charge in [0.05, 0.1) is 5.69 Å². The van der Waals surface area contributed by atoms with E-state index in [0.29, 0.717) is 30.6 Å². The summed E-state index contributed by atoms with van der Waals surface area (Å²) in [5.41, 5.74) is -0.00537. The summed E-state index contributed by atoms with van der Waals surface area (Å²) in [5, 5.41) is 9.79. The van der Waals surface area contributed by atoms with Gasteiger partial charge in [0.15, 0.2) is 17.3 Å². The van der Waals surface area contributed by atoms with Gasteiger partial charge in [0.1, 0.15) is 5.82 Å². The Morgan fingerprint density at radius 3 is 2.40 bits per heavy atom. The van der Waals surface area contributed by atoms with Crippen LogP contribution in [0.25, 0.3) is 11.3 Å². The van der Waals surface area contributed by atoms with E-state index < -0.39 is 35.2 Å². The number of aromatic nitrogens is 2. The maximum absolute atomic E-state index is 14.9. The van der Waals surface area contributed by atoms with Crippen molar-refractivity contribution in [2.75, 3.05) is 6.54 Å². The highest BCUT2D eigenvalue weighted by atomic mass is 19.4. The van der Waals surface area contributed by atoms with Gasteiger partial charge in [-0.25, -0.2) is 13.2 Å². The minimum absolute atomic E-state index is 0.0165. The molecule has 2 heterocycles. The minimum atomic E-state index is -4.65. The van der Waals surface area contributed by atoms with Crippen LogP contribution < -0.4 is 5.32 Å². The first-order valence-corrected chi connectivity index (χ1v) is 9.14. The molecule has 1 unspecified atom stereocenters. The van der Waals surface area contributed by atoms with Crippen LogP contribution in [0.4, 0.5) is 26.3 Å². The van der Waals surface area contributed by atoms with Gasteiger partial charge in [0.2, 0.25) is 0 Å². The Kier molecular flexibility index (Phi) is 5.23. The van der Waals surface area contributed by atoms with Gasteiger partial charge in [0.25, 0.3) is 0 Å².